The van der Waals surface area contributed by atoms with Crippen LogP contribution in [0.1, 0.15) is 46.5 Å². The SMILES string of the molecule is CC(C)CCOc1ccc(C(=O)NNC(=O)c2ccc(COc3ccc4ccccc4c3)cc2)cc1. The second kappa shape index (κ2) is 11.9. The molecule has 2 amide bonds. The second-order valence-electron chi connectivity index (χ2n) is 8.96. The Hall–Kier alpha value is -4.32. The van der Waals surface area contributed by atoms with E-state index in [1.165, 1.54) is 0 Å². The van der Waals surface area contributed by atoms with Crippen LogP contribution in [0, 0.1) is 5.92 Å². The van der Waals surface area contributed by atoms with Crippen molar-refractivity contribution in [3.05, 3.63) is 108 Å². The zero-order valence-corrected chi connectivity index (χ0v) is 20.5. The summed E-state index contributed by atoms with van der Waals surface area (Å²) in [5.41, 5.74) is 6.68. The number of amides is 2. The van der Waals surface area contributed by atoms with Crippen molar-refractivity contribution in [3.8, 4) is 11.5 Å². The average Bonchev–Trinajstić information content (AvgIpc) is 2.90. The Kier molecular flexibility index (Phi) is 8.19. The largest absolute Gasteiger partial charge is 0.494 e. The first-order valence-corrected chi connectivity index (χ1v) is 12.0. The molecule has 0 aliphatic carbocycles. The number of rotatable bonds is 9. The molecule has 0 bridgehead atoms. The maximum atomic E-state index is 12.4. The van der Waals surface area contributed by atoms with Gasteiger partial charge < -0.3 is 9.47 Å². The van der Waals surface area contributed by atoms with Gasteiger partial charge in [-0.3, -0.25) is 20.4 Å². The molecule has 0 atom stereocenters. The lowest BCUT2D eigenvalue weighted by molar-refractivity contribution is 0.0846. The summed E-state index contributed by atoms with van der Waals surface area (Å²) < 4.78 is 11.6. The minimum atomic E-state index is -0.405. The van der Waals surface area contributed by atoms with E-state index in [-0.39, 0.29) is 0 Å². The van der Waals surface area contributed by atoms with Crippen LogP contribution in [0.15, 0.2) is 91.0 Å². The van der Waals surface area contributed by atoms with Crippen molar-refractivity contribution in [2.75, 3.05) is 6.61 Å². The van der Waals surface area contributed by atoms with Gasteiger partial charge in [-0.25, -0.2) is 0 Å². The van der Waals surface area contributed by atoms with Gasteiger partial charge in [-0.2, -0.15) is 0 Å². The van der Waals surface area contributed by atoms with Gasteiger partial charge in [0, 0.05) is 11.1 Å². The van der Waals surface area contributed by atoms with Crippen LogP contribution in [-0.2, 0) is 6.61 Å². The standard InChI is InChI=1S/C30H30N2O4/c1-21(2)17-18-35-27-14-12-25(13-15-27)30(34)32-31-29(33)24-9-7-22(8-10-24)20-36-28-16-11-23-5-3-4-6-26(23)19-28/h3-16,19,21H,17-18,20H2,1-2H3,(H,31,33)(H,32,34). The van der Waals surface area contributed by atoms with Crippen LogP contribution in [0.3, 0.4) is 0 Å². The Bertz CT molecular complexity index is 1320. The predicted octanol–water partition coefficient (Wildman–Crippen LogP) is 5.92. The fourth-order valence-corrected chi connectivity index (χ4v) is 3.55. The Balaban J connectivity index is 1.24. The smallest absolute Gasteiger partial charge is 0.269 e. The molecule has 0 radical (unpaired) electrons. The van der Waals surface area contributed by atoms with Crippen LogP contribution in [0.25, 0.3) is 10.8 Å². The molecule has 0 heterocycles. The van der Waals surface area contributed by atoms with Crippen molar-refractivity contribution in [1.82, 2.24) is 10.9 Å². The Morgan fingerprint density at radius 3 is 1.92 bits per heavy atom. The van der Waals surface area contributed by atoms with Crippen LogP contribution in [-0.4, -0.2) is 18.4 Å². The number of hydrogen-bond acceptors (Lipinski definition) is 4. The topological polar surface area (TPSA) is 76.7 Å². The highest BCUT2D eigenvalue weighted by Crippen LogP contribution is 2.21. The molecule has 0 saturated carbocycles. The van der Waals surface area contributed by atoms with Crippen LogP contribution >= 0.6 is 0 Å². The van der Waals surface area contributed by atoms with Gasteiger partial charge in [-0.15, -0.1) is 0 Å². The number of benzene rings is 4. The van der Waals surface area contributed by atoms with E-state index in [2.05, 4.69) is 30.8 Å². The number of nitrogens with one attached hydrogen (secondary N) is 2. The van der Waals surface area contributed by atoms with E-state index >= 15 is 0 Å². The number of ether oxygens (including phenoxy) is 2. The third kappa shape index (κ3) is 6.85. The summed E-state index contributed by atoms with van der Waals surface area (Å²) in [4.78, 5) is 24.8. The molecular formula is C30H30N2O4. The lowest BCUT2D eigenvalue weighted by Gasteiger charge is -2.10. The van der Waals surface area contributed by atoms with E-state index in [1.807, 2.05) is 48.5 Å². The van der Waals surface area contributed by atoms with Gasteiger partial charge in [0.25, 0.3) is 11.8 Å². The molecule has 0 unspecified atom stereocenters. The van der Waals surface area contributed by atoms with Gasteiger partial charge >= 0.3 is 0 Å². The number of hydrazine groups is 1. The first-order valence-electron chi connectivity index (χ1n) is 12.0. The normalized spacial score (nSPS) is 10.8. The highest BCUT2D eigenvalue weighted by molar-refractivity contribution is 5.99. The van der Waals surface area contributed by atoms with Crippen LogP contribution < -0.4 is 20.3 Å². The van der Waals surface area contributed by atoms with E-state index in [4.69, 9.17) is 9.47 Å². The molecule has 0 aromatic heterocycles. The van der Waals surface area contributed by atoms with Gasteiger partial charge in [-0.05, 0) is 77.2 Å². The summed E-state index contributed by atoms with van der Waals surface area (Å²) in [7, 11) is 0. The van der Waals surface area contributed by atoms with E-state index in [1.54, 1.807) is 36.4 Å². The van der Waals surface area contributed by atoms with E-state index in [9.17, 15) is 9.59 Å². The van der Waals surface area contributed by atoms with Crippen LogP contribution in [0.4, 0.5) is 0 Å². The maximum Gasteiger partial charge on any atom is 0.269 e. The van der Waals surface area contributed by atoms with Gasteiger partial charge in [0.15, 0.2) is 0 Å². The lowest BCUT2D eigenvalue weighted by atomic mass is 10.1. The second-order valence-corrected chi connectivity index (χ2v) is 8.96. The van der Waals surface area contributed by atoms with Gasteiger partial charge in [0.05, 0.1) is 6.61 Å². The summed E-state index contributed by atoms with van der Waals surface area (Å²) in [5, 5.41) is 2.28. The number of fused-ring (bicyclic) bond motifs is 1. The third-order valence-electron chi connectivity index (χ3n) is 5.71. The summed E-state index contributed by atoms with van der Waals surface area (Å²) in [5.74, 6) is 1.25. The molecular weight excluding hydrogens is 452 g/mol. The highest BCUT2D eigenvalue weighted by atomic mass is 16.5. The Labute approximate surface area is 211 Å². The number of carbonyl (C=O) groups is 2. The molecule has 4 rings (SSSR count). The van der Waals surface area contributed by atoms with Crippen molar-refractivity contribution < 1.29 is 19.1 Å². The fourth-order valence-electron chi connectivity index (χ4n) is 3.55. The lowest BCUT2D eigenvalue weighted by Crippen LogP contribution is -2.41. The van der Waals surface area contributed by atoms with Crippen LogP contribution in [0.5, 0.6) is 11.5 Å². The monoisotopic (exact) mass is 482 g/mol. The summed E-state index contributed by atoms with van der Waals surface area (Å²) in [6, 6.07) is 28.0. The van der Waals surface area contributed by atoms with Gasteiger partial charge in [0.1, 0.15) is 18.1 Å². The minimum Gasteiger partial charge on any atom is -0.494 e. The molecule has 6 heteroatoms. The molecule has 0 saturated heterocycles. The quantitative estimate of drug-likeness (QED) is 0.291. The number of carbonyl (C=O) groups excluding carboxylic acids is 2. The fraction of sp³-hybridized carbons (Fsp3) is 0.200. The van der Waals surface area contributed by atoms with Crippen molar-refractivity contribution in [2.45, 2.75) is 26.9 Å². The number of hydrogen-bond donors (Lipinski definition) is 2. The summed E-state index contributed by atoms with van der Waals surface area (Å²) in [6.07, 6.45) is 0.965. The van der Waals surface area contributed by atoms with Gasteiger partial charge in [-0.1, -0.05) is 56.3 Å². The van der Waals surface area contributed by atoms with Crippen LogP contribution in [0.2, 0.25) is 0 Å². The van der Waals surface area contributed by atoms with Crippen molar-refractivity contribution in [3.63, 3.8) is 0 Å². The maximum absolute atomic E-state index is 12.4. The van der Waals surface area contributed by atoms with E-state index in [0.29, 0.717) is 36.0 Å². The molecule has 4 aromatic rings. The van der Waals surface area contributed by atoms with Crippen molar-refractivity contribution in [1.29, 1.82) is 0 Å². The molecule has 0 aliphatic rings. The average molecular weight is 483 g/mol. The van der Waals surface area contributed by atoms with Crippen molar-refractivity contribution >= 4 is 22.6 Å². The third-order valence-corrected chi connectivity index (χ3v) is 5.71. The molecule has 6 nitrogen and oxygen atoms in total. The molecule has 4 aromatic carbocycles. The Morgan fingerprint density at radius 1 is 0.694 bits per heavy atom. The zero-order valence-electron chi connectivity index (χ0n) is 20.5. The molecule has 0 aliphatic heterocycles. The molecule has 36 heavy (non-hydrogen) atoms. The molecule has 2 N–H and O–H groups in total. The minimum absolute atomic E-state index is 0.383. The van der Waals surface area contributed by atoms with E-state index < -0.39 is 11.8 Å². The van der Waals surface area contributed by atoms with E-state index in [0.717, 1.165) is 28.5 Å². The first kappa shape index (κ1) is 24.8. The zero-order chi connectivity index (χ0) is 25.3. The van der Waals surface area contributed by atoms with Gasteiger partial charge in [0.2, 0.25) is 0 Å². The molecule has 0 spiro atoms. The molecule has 0 fully saturated rings. The molecule has 184 valence electrons. The summed E-state index contributed by atoms with van der Waals surface area (Å²) >= 11 is 0. The Morgan fingerprint density at radius 2 is 1.28 bits per heavy atom. The van der Waals surface area contributed by atoms with Crippen molar-refractivity contribution in [2.24, 2.45) is 5.92 Å². The predicted molar refractivity (Wildman–Crippen MR) is 141 cm³/mol. The summed E-state index contributed by atoms with van der Waals surface area (Å²) in [6.45, 7) is 5.30. The highest BCUT2D eigenvalue weighted by Gasteiger charge is 2.10. The first-order chi connectivity index (χ1) is 17.5.